The molecule has 8 nitrogen and oxygen atoms in total. The molecule has 1 aromatic rings. The number of benzene rings is 1. The molecule has 0 spiro atoms. The molecule has 1 saturated heterocycles. The average Bonchev–Trinajstić information content (AvgIpc) is 2.68. The molecule has 1 fully saturated rings. The first-order chi connectivity index (χ1) is 13.3. The summed E-state index contributed by atoms with van der Waals surface area (Å²) in [6.07, 6.45) is 5.05. The van der Waals surface area contributed by atoms with E-state index >= 15 is 0 Å². The topological polar surface area (TPSA) is 124 Å². The van der Waals surface area contributed by atoms with Crippen molar-refractivity contribution in [1.29, 1.82) is 0 Å². The molecule has 156 valence electrons. The Balaban J connectivity index is 0.000000416. The Kier molecular flexibility index (Phi) is 11.1. The summed E-state index contributed by atoms with van der Waals surface area (Å²) in [5.74, 6) is -2.35. The molecule has 28 heavy (non-hydrogen) atoms. The van der Waals surface area contributed by atoms with Crippen molar-refractivity contribution in [3.8, 4) is 0 Å². The van der Waals surface area contributed by atoms with Gasteiger partial charge in [0.25, 0.3) is 0 Å². The lowest BCUT2D eigenvalue weighted by atomic mass is 10.1. The maximum Gasteiger partial charge on any atom is 0.328 e. The third-order valence-corrected chi connectivity index (χ3v) is 5.80. The number of aliphatic carboxylic acids is 2. The van der Waals surface area contributed by atoms with E-state index in [9.17, 15) is 18.0 Å². The lowest BCUT2D eigenvalue weighted by molar-refractivity contribution is -0.134. The summed E-state index contributed by atoms with van der Waals surface area (Å²) in [5.41, 5.74) is 0. The van der Waals surface area contributed by atoms with E-state index in [1.807, 2.05) is 6.07 Å². The van der Waals surface area contributed by atoms with Crippen molar-refractivity contribution in [2.24, 2.45) is 0 Å². The minimum absolute atomic E-state index is 0.164. The standard InChI is InChI=1S/C15H24N2O2S.C4H4O4/c18-20(19,15-7-3-1-4-8-15)14-10-16-9-13-17-11-5-2-6-12-17;5-3(6)1-2-4(7)8/h1,3-4,7-8,16H,2,5-6,9-14H2;1-2H,(H,5,6)(H,7,8). The van der Waals surface area contributed by atoms with Gasteiger partial charge in [-0.15, -0.1) is 0 Å². The van der Waals surface area contributed by atoms with Gasteiger partial charge in [0.05, 0.1) is 10.6 Å². The zero-order valence-corrected chi connectivity index (χ0v) is 16.6. The van der Waals surface area contributed by atoms with Crippen molar-refractivity contribution in [2.45, 2.75) is 24.2 Å². The lowest BCUT2D eigenvalue weighted by Gasteiger charge is -2.26. The number of carboxylic acid groups (broad SMARTS) is 2. The highest BCUT2D eigenvalue weighted by Gasteiger charge is 2.13. The number of carboxylic acids is 2. The van der Waals surface area contributed by atoms with E-state index in [4.69, 9.17) is 10.2 Å². The van der Waals surface area contributed by atoms with E-state index < -0.39 is 21.8 Å². The first-order valence-electron chi connectivity index (χ1n) is 9.16. The number of nitrogens with one attached hydrogen (secondary N) is 1. The number of hydrogen-bond donors (Lipinski definition) is 3. The smallest absolute Gasteiger partial charge is 0.328 e. The first kappa shape index (κ1) is 23.8. The molecule has 0 atom stereocenters. The fourth-order valence-corrected chi connectivity index (χ4v) is 3.86. The monoisotopic (exact) mass is 412 g/mol. The van der Waals surface area contributed by atoms with Gasteiger partial charge >= 0.3 is 11.9 Å². The highest BCUT2D eigenvalue weighted by Crippen LogP contribution is 2.09. The predicted octanol–water partition coefficient (Wildman–Crippen LogP) is 1.25. The molecule has 9 heteroatoms. The zero-order chi connectivity index (χ0) is 20.8. The second kappa shape index (κ2) is 13.0. The van der Waals surface area contributed by atoms with E-state index in [1.54, 1.807) is 24.3 Å². The van der Waals surface area contributed by atoms with Crippen molar-refractivity contribution in [2.75, 3.05) is 38.5 Å². The van der Waals surface area contributed by atoms with Crippen LogP contribution in [0.3, 0.4) is 0 Å². The van der Waals surface area contributed by atoms with Crippen LogP contribution in [0, 0.1) is 0 Å². The molecule has 0 aliphatic carbocycles. The summed E-state index contributed by atoms with van der Waals surface area (Å²) in [6.45, 7) is 4.77. The van der Waals surface area contributed by atoms with Crippen LogP contribution in [0.2, 0.25) is 0 Å². The Morgan fingerprint density at radius 2 is 1.54 bits per heavy atom. The number of likely N-dealkylation sites (tertiary alicyclic amines) is 1. The first-order valence-corrected chi connectivity index (χ1v) is 10.8. The number of piperidine rings is 1. The molecule has 0 bridgehead atoms. The molecule has 2 rings (SSSR count). The van der Waals surface area contributed by atoms with E-state index in [0.29, 0.717) is 23.6 Å². The van der Waals surface area contributed by atoms with Crippen LogP contribution in [-0.2, 0) is 19.4 Å². The fourth-order valence-electron chi connectivity index (χ4n) is 2.64. The molecular weight excluding hydrogens is 384 g/mol. The van der Waals surface area contributed by atoms with E-state index in [0.717, 1.165) is 13.1 Å². The van der Waals surface area contributed by atoms with Crippen LogP contribution in [0.1, 0.15) is 19.3 Å². The van der Waals surface area contributed by atoms with Gasteiger partial charge in [-0.1, -0.05) is 24.6 Å². The molecule has 1 heterocycles. The van der Waals surface area contributed by atoms with Crippen molar-refractivity contribution in [3.63, 3.8) is 0 Å². The fraction of sp³-hybridized carbons (Fsp3) is 0.474. The van der Waals surface area contributed by atoms with Crippen molar-refractivity contribution < 1.29 is 28.2 Å². The number of carbonyl (C=O) groups is 2. The molecule has 0 amide bonds. The summed E-state index contributed by atoms with van der Waals surface area (Å²) in [5, 5.41) is 18.9. The maximum atomic E-state index is 12.0. The van der Waals surface area contributed by atoms with Gasteiger partial charge in [-0.2, -0.15) is 0 Å². The lowest BCUT2D eigenvalue weighted by Crippen LogP contribution is -2.36. The largest absolute Gasteiger partial charge is 0.478 e. The molecular formula is C19H28N2O6S. The normalized spacial score (nSPS) is 15.0. The molecule has 0 aromatic heterocycles. The molecule has 1 aromatic carbocycles. The second-order valence-electron chi connectivity index (χ2n) is 6.29. The van der Waals surface area contributed by atoms with E-state index in [1.165, 1.54) is 32.4 Å². The van der Waals surface area contributed by atoms with Gasteiger partial charge in [0.2, 0.25) is 0 Å². The highest BCUT2D eigenvalue weighted by molar-refractivity contribution is 7.91. The van der Waals surface area contributed by atoms with Crippen molar-refractivity contribution in [3.05, 3.63) is 42.5 Å². The summed E-state index contributed by atoms with van der Waals surface area (Å²) in [7, 11) is -3.14. The van der Waals surface area contributed by atoms with Crippen LogP contribution in [0.5, 0.6) is 0 Å². The van der Waals surface area contributed by atoms with E-state index in [-0.39, 0.29) is 5.75 Å². The SMILES string of the molecule is O=C(O)C=CC(=O)O.O=S(=O)(CCNCCN1CCCCC1)c1ccccc1. The van der Waals surface area contributed by atoms with Crippen LogP contribution < -0.4 is 5.32 Å². The Labute approximate surface area is 165 Å². The Morgan fingerprint density at radius 1 is 0.964 bits per heavy atom. The minimum atomic E-state index is -3.14. The Bertz CT molecular complexity index is 712. The van der Waals surface area contributed by atoms with Crippen LogP contribution >= 0.6 is 0 Å². The van der Waals surface area contributed by atoms with Crippen LogP contribution in [-0.4, -0.2) is 73.9 Å². The van der Waals surface area contributed by atoms with Crippen molar-refractivity contribution in [1.82, 2.24) is 10.2 Å². The molecule has 3 N–H and O–H groups in total. The minimum Gasteiger partial charge on any atom is -0.478 e. The average molecular weight is 413 g/mol. The molecule has 0 unspecified atom stereocenters. The zero-order valence-electron chi connectivity index (χ0n) is 15.8. The van der Waals surface area contributed by atoms with Gasteiger partial charge in [-0.25, -0.2) is 18.0 Å². The third kappa shape index (κ3) is 10.8. The van der Waals surface area contributed by atoms with Crippen LogP contribution in [0.15, 0.2) is 47.4 Å². The van der Waals surface area contributed by atoms with Gasteiger partial charge in [0.1, 0.15) is 0 Å². The summed E-state index contributed by atoms with van der Waals surface area (Å²) >= 11 is 0. The van der Waals surface area contributed by atoms with Gasteiger partial charge in [0, 0.05) is 31.8 Å². The third-order valence-electron chi connectivity index (χ3n) is 4.07. The maximum absolute atomic E-state index is 12.0. The highest BCUT2D eigenvalue weighted by atomic mass is 32.2. The van der Waals surface area contributed by atoms with Gasteiger partial charge < -0.3 is 20.4 Å². The van der Waals surface area contributed by atoms with Crippen molar-refractivity contribution >= 4 is 21.8 Å². The van der Waals surface area contributed by atoms with Gasteiger partial charge in [-0.05, 0) is 38.1 Å². The summed E-state index contributed by atoms with van der Waals surface area (Å²) < 4.78 is 24.1. The Hall–Kier alpha value is -2.23. The number of rotatable bonds is 9. The Morgan fingerprint density at radius 3 is 2.07 bits per heavy atom. The molecule has 0 radical (unpaired) electrons. The predicted molar refractivity (Wildman–Crippen MR) is 106 cm³/mol. The van der Waals surface area contributed by atoms with E-state index in [2.05, 4.69) is 10.2 Å². The van der Waals surface area contributed by atoms with Gasteiger partial charge in [-0.3, -0.25) is 0 Å². The number of nitrogens with zero attached hydrogens (tertiary/aromatic N) is 1. The van der Waals surface area contributed by atoms with Crippen LogP contribution in [0.4, 0.5) is 0 Å². The summed E-state index contributed by atoms with van der Waals surface area (Å²) in [4.78, 5) is 22.0. The van der Waals surface area contributed by atoms with Gasteiger partial charge in [0.15, 0.2) is 9.84 Å². The quantitative estimate of drug-likeness (QED) is 0.409. The summed E-state index contributed by atoms with van der Waals surface area (Å²) in [6, 6.07) is 8.66. The number of hydrogen-bond acceptors (Lipinski definition) is 6. The molecule has 0 saturated carbocycles. The second-order valence-corrected chi connectivity index (χ2v) is 8.40. The number of sulfone groups is 1. The van der Waals surface area contributed by atoms with Crippen LogP contribution in [0.25, 0.3) is 0 Å². The molecule has 1 aliphatic rings. The molecule has 1 aliphatic heterocycles.